The Labute approximate surface area is 161 Å². The van der Waals surface area contributed by atoms with Crippen LogP contribution >= 0.6 is 0 Å². The summed E-state index contributed by atoms with van der Waals surface area (Å²) in [5, 5.41) is 2.67. The molecule has 0 saturated carbocycles. The van der Waals surface area contributed by atoms with Crippen molar-refractivity contribution in [1.82, 2.24) is 4.90 Å². The molecule has 0 aliphatic heterocycles. The third kappa shape index (κ3) is 6.09. The highest BCUT2D eigenvalue weighted by Crippen LogP contribution is 2.29. The molecule has 8 heteroatoms. The van der Waals surface area contributed by atoms with Crippen molar-refractivity contribution in [3.8, 4) is 0 Å². The van der Waals surface area contributed by atoms with Crippen molar-refractivity contribution in [2.75, 3.05) is 25.5 Å². The highest BCUT2D eigenvalue weighted by Gasteiger charge is 2.29. The molecule has 2 rings (SSSR count). The van der Waals surface area contributed by atoms with Crippen molar-refractivity contribution >= 4 is 17.6 Å². The minimum atomic E-state index is -4.38. The van der Waals surface area contributed by atoms with E-state index in [4.69, 9.17) is 4.74 Å². The van der Waals surface area contributed by atoms with Crippen LogP contribution in [0.15, 0.2) is 48.5 Å². The molecule has 0 fully saturated rings. The number of carbonyl (C=O) groups excluding carboxylic acids is 2. The number of hydrogen-bond acceptors (Lipinski definition) is 4. The highest BCUT2D eigenvalue weighted by atomic mass is 19.4. The first-order valence-electron chi connectivity index (χ1n) is 8.61. The Bertz CT molecular complexity index is 820. The predicted octanol–water partition coefficient (Wildman–Crippen LogP) is 3.95. The number of carbonyl (C=O) groups is 2. The largest absolute Gasteiger partial charge is 0.462 e. The van der Waals surface area contributed by atoms with Crippen LogP contribution in [0.1, 0.15) is 28.4 Å². The van der Waals surface area contributed by atoms with E-state index >= 15 is 0 Å². The quantitative estimate of drug-likeness (QED) is 0.723. The minimum Gasteiger partial charge on any atom is -0.462 e. The number of halogens is 3. The lowest BCUT2D eigenvalue weighted by molar-refractivity contribution is -0.137. The standard InChI is InChI=1S/C20H21F3N2O3/c1-3-28-19(27)16-6-4-5-7-17(16)24-18(26)13-25(2)12-14-8-10-15(11-9-14)20(21,22)23/h4-11H,3,12-13H2,1-2H3,(H,24,26). The summed E-state index contributed by atoms with van der Waals surface area (Å²) in [4.78, 5) is 25.9. The number of rotatable bonds is 7. The third-order valence-corrected chi connectivity index (χ3v) is 3.84. The fourth-order valence-corrected chi connectivity index (χ4v) is 2.58. The number of esters is 1. The highest BCUT2D eigenvalue weighted by molar-refractivity contribution is 6.01. The Morgan fingerprint density at radius 2 is 1.71 bits per heavy atom. The second-order valence-electron chi connectivity index (χ2n) is 6.18. The van der Waals surface area contributed by atoms with E-state index in [1.807, 2.05) is 0 Å². The predicted molar refractivity (Wildman–Crippen MR) is 98.8 cm³/mol. The van der Waals surface area contributed by atoms with Crippen LogP contribution in [0.5, 0.6) is 0 Å². The van der Waals surface area contributed by atoms with Gasteiger partial charge in [0, 0.05) is 6.54 Å². The number of amides is 1. The Balaban J connectivity index is 1.95. The lowest BCUT2D eigenvalue weighted by Crippen LogP contribution is -2.30. The maximum absolute atomic E-state index is 12.6. The van der Waals surface area contributed by atoms with Gasteiger partial charge in [0.15, 0.2) is 0 Å². The molecule has 28 heavy (non-hydrogen) atoms. The van der Waals surface area contributed by atoms with Gasteiger partial charge >= 0.3 is 12.1 Å². The van der Waals surface area contributed by atoms with E-state index in [-0.39, 0.29) is 24.6 Å². The molecule has 0 radical (unpaired) electrons. The molecular weight excluding hydrogens is 373 g/mol. The normalized spacial score (nSPS) is 11.4. The summed E-state index contributed by atoms with van der Waals surface area (Å²) in [6.07, 6.45) is -4.38. The molecule has 0 aliphatic carbocycles. The molecule has 5 nitrogen and oxygen atoms in total. The van der Waals surface area contributed by atoms with Gasteiger partial charge < -0.3 is 10.1 Å². The van der Waals surface area contributed by atoms with E-state index in [1.54, 1.807) is 43.1 Å². The van der Waals surface area contributed by atoms with Gasteiger partial charge in [-0.05, 0) is 43.8 Å². The van der Waals surface area contributed by atoms with Crippen LogP contribution < -0.4 is 5.32 Å². The average Bonchev–Trinajstić information content (AvgIpc) is 2.61. The van der Waals surface area contributed by atoms with Gasteiger partial charge in [-0.1, -0.05) is 24.3 Å². The molecule has 0 heterocycles. The van der Waals surface area contributed by atoms with Crippen LogP contribution in [0.25, 0.3) is 0 Å². The fraction of sp³-hybridized carbons (Fsp3) is 0.300. The SMILES string of the molecule is CCOC(=O)c1ccccc1NC(=O)CN(C)Cc1ccc(C(F)(F)F)cc1. The third-order valence-electron chi connectivity index (χ3n) is 3.84. The molecule has 0 atom stereocenters. The Morgan fingerprint density at radius 1 is 1.07 bits per heavy atom. The maximum atomic E-state index is 12.6. The number of alkyl halides is 3. The smallest absolute Gasteiger partial charge is 0.416 e. The Kier molecular flexibility index (Phi) is 7.17. The zero-order valence-electron chi connectivity index (χ0n) is 15.5. The molecule has 0 aliphatic rings. The van der Waals surface area contributed by atoms with Gasteiger partial charge in [0.25, 0.3) is 0 Å². The number of benzene rings is 2. The first kappa shape index (κ1) is 21.4. The number of nitrogens with one attached hydrogen (secondary N) is 1. The van der Waals surface area contributed by atoms with Crippen LogP contribution in [-0.4, -0.2) is 37.0 Å². The van der Waals surface area contributed by atoms with Crippen molar-refractivity contribution in [2.24, 2.45) is 0 Å². The second-order valence-corrected chi connectivity index (χ2v) is 6.18. The van der Waals surface area contributed by atoms with Crippen LogP contribution in [0.3, 0.4) is 0 Å². The fourth-order valence-electron chi connectivity index (χ4n) is 2.58. The summed E-state index contributed by atoms with van der Waals surface area (Å²) < 4.78 is 42.8. The molecule has 0 unspecified atom stereocenters. The Hall–Kier alpha value is -2.87. The average molecular weight is 394 g/mol. The summed E-state index contributed by atoms with van der Waals surface area (Å²) in [6.45, 7) is 2.20. The van der Waals surface area contributed by atoms with E-state index < -0.39 is 17.7 Å². The van der Waals surface area contributed by atoms with Crippen LogP contribution in [0, 0.1) is 0 Å². The number of anilines is 1. The zero-order valence-corrected chi connectivity index (χ0v) is 15.5. The summed E-state index contributed by atoms with van der Waals surface area (Å²) in [7, 11) is 1.68. The van der Waals surface area contributed by atoms with Crippen molar-refractivity contribution in [3.05, 3.63) is 65.2 Å². The maximum Gasteiger partial charge on any atom is 0.416 e. The molecule has 1 N–H and O–H groups in total. The van der Waals surface area contributed by atoms with E-state index in [0.717, 1.165) is 12.1 Å². The molecule has 2 aromatic carbocycles. The summed E-state index contributed by atoms with van der Waals surface area (Å²) in [5.41, 5.74) is 0.527. The van der Waals surface area contributed by atoms with Gasteiger partial charge in [-0.2, -0.15) is 13.2 Å². The van der Waals surface area contributed by atoms with Gasteiger partial charge in [-0.15, -0.1) is 0 Å². The first-order valence-corrected chi connectivity index (χ1v) is 8.61. The van der Waals surface area contributed by atoms with E-state index in [0.29, 0.717) is 17.8 Å². The molecule has 150 valence electrons. The topological polar surface area (TPSA) is 58.6 Å². The minimum absolute atomic E-state index is 0.00180. The number of para-hydroxylation sites is 1. The molecule has 0 aromatic heterocycles. The first-order chi connectivity index (χ1) is 13.2. The summed E-state index contributed by atoms with van der Waals surface area (Å²) in [5.74, 6) is -0.886. The van der Waals surface area contributed by atoms with Crippen molar-refractivity contribution < 1.29 is 27.5 Å². The van der Waals surface area contributed by atoms with E-state index in [1.165, 1.54) is 12.1 Å². The zero-order chi connectivity index (χ0) is 20.7. The molecule has 2 aromatic rings. The van der Waals surface area contributed by atoms with Gasteiger partial charge in [0.1, 0.15) is 0 Å². The monoisotopic (exact) mass is 394 g/mol. The second kappa shape index (κ2) is 9.36. The number of hydrogen-bond donors (Lipinski definition) is 1. The number of ether oxygens (including phenoxy) is 1. The Morgan fingerprint density at radius 3 is 2.32 bits per heavy atom. The molecule has 1 amide bonds. The van der Waals surface area contributed by atoms with Gasteiger partial charge in [-0.3, -0.25) is 9.69 Å². The molecule has 0 bridgehead atoms. The van der Waals surface area contributed by atoms with Crippen LogP contribution in [0.4, 0.5) is 18.9 Å². The summed E-state index contributed by atoms with van der Waals surface area (Å²) in [6, 6.07) is 11.3. The lowest BCUT2D eigenvalue weighted by atomic mass is 10.1. The van der Waals surface area contributed by atoms with Crippen LogP contribution in [-0.2, 0) is 22.3 Å². The van der Waals surface area contributed by atoms with Crippen LogP contribution in [0.2, 0.25) is 0 Å². The van der Waals surface area contributed by atoms with Gasteiger partial charge in [0.05, 0.1) is 30.0 Å². The van der Waals surface area contributed by atoms with Crippen molar-refractivity contribution in [1.29, 1.82) is 0 Å². The van der Waals surface area contributed by atoms with E-state index in [9.17, 15) is 22.8 Å². The lowest BCUT2D eigenvalue weighted by Gasteiger charge is -2.17. The van der Waals surface area contributed by atoms with Gasteiger partial charge in [0.2, 0.25) is 5.91 Å². The van der Waals surface area contributed by atoms with Crippen molar-refractivity contribution in [3.63, 3.8) is 0 Å². The molecule has 0 saturated heterocycles. The number of nitrogens with zero attached hydrogens (tertiary/aromatic N) is 1. The summed E-state index contributed by atoms with van der Waals surface area (Å²) >= 11 is 0. The van der Waals surface area contributed by atoms with Crippen molar-refractivity contribution in [2.45, 2.75) is 19.6 Å². The van der Waals surface area contributed by atoms with E-state index in [2.05, 4.69) is 5.32 Å². The number of likely N-dealkylation sites (N-methyl/N-ethyl adjacent to an activating group) is 1. The molecule has 0 spiro atoms. The van der Waals surface area contributed by atoms with Gasteiger partial charge in [-0.25, -0.2) is 4.79 Å². The molecular formula is C20H21F3N2O3.